The number of halogens is 4. The van der Waals surface area contributed by atoms with Crippen molar-refractivity contribution < 1.29 is 27.1 Å². The topological polar surface area (TPSA) is 78.1 Å². The summed E-state index contributed by atoms with van der Waals surface area (Å²) in [5.41, 5.74) is 2.58. The quantitative estimate of drug-likeness (QED) is 0.362. The van der Waals surface area contributed by atoms with E-state index in [1.807, 2.05) is 23.8 Å². The fraction of sp³-hybridized carbons (Fsp3) is 0.280. The predicted molar refractivity (Wildman–Crippen MR) is 126 cm³/mol. The van der Waals surface area contributed by atoms with E-state index >= 15 is 0 Å². The maximum atomic E-state index is 14.5. The number of ether oxygens (including phenoxy) is 1. The van der Waals surface area contributed by atoms with E-state index in [4.69, 9.17) is 4.74 Å². The summed E-state index contributed by atoms with van der Waals surface area (Å²) in [5.74, 6) is -1.01. The number of hydrogen-bond donors (Lipinski definition) is 0. The molecule has 192 valence electrons. The van der Waals surface area contributed by atoms with Crippen LogP contribution in [0, 0.1) is 12.7 Å². The molecule has 1 aliphatic rings. The van der Waals surface area contributed by atoms with Gasteiger partial charge in [0.05, 0.1) is 36.7 Å². The lowest BCUT2D eigenvalue weighted by atomic mass is 10.1. The second kappa shape index (κ2) is 9.34. The number of carbonyl (C=O) groups excluding carboxylic acids is 1. The van der Waals surface area contributed by atoms with Crippen LogP contribution in [0.5, 0.6) is 5.75 Å². The van der Waals surface area contributed by atoms with Gasteiger partial charge in [0.25, 0.3) is 5.91 Å². The Kier molecular flexibility index (Phi) is 6.18. The van der Waals surface area contributed by atoms with Crippen LogP contribution in [0.1, 0.15) is 23.7 Å². The minimum Gasteiger partial charge on any atom is -0.496 e. The van der Waals surface area contributed by atoms with Gasteiger partial charge in [-0.15, -0.1) is 5.10 Å². The third-order valence-corrected chi connectivity index (χ3v) is 6.24. The van der Waals surface area contributed by atoms with E-state index < -0.39 is 30.5 Å². The van der Waals surface area contributed by atoms with Gasteiger partial charge in [-0.2, -0.15) is 13.2 Å². The van der Waals surface area contributed by atoms with E-state index in [9.17, 15) is 22.4 Å². The minimum atomic E-state index is -4.68. The number of amides is 1. The molecule has 2 aromatic heterocycles. The van der Waals surface area contributed by atoms with Gasteiger partial charge < -0.3 is 14.2 Å². The number of carbonyl (C=O) groups is 1. The third kappa shape index (κ3) is 4.78. The molecule has 1 atom stereocenters. The molecule has 0 N–H and O–H groups in total. The monoisotopic (exact) mass is 514 g/mol. The van der Waals surface area contributed by atoms with Gasteiger partial charge in [0.15, 0.2) is 0 Å². The molecule has 0 fully saturated rings. The van der Waals surface area contributed by atoms with Crippen molar-refractivity contribution >= 4 is 11.6 Å². The zero-order valence-electron chi connectivity index (χ0n) is 19.9. The number of benzene rings is 2. The number of imidazole rings is 1. The fourth-order valence-corrected chi connectivity index (χ4v) is 4.51. The van der Waals surface area contributed by atoms with Crippen molar-refractivity contribution in [1.82, 2.24) is 24.5 Å². The highest BCUT2D eigenvalue weighted by molar-refractivity contribution is 5.97. The van der Waals surface area contributed by atoms with Crippen molar-refractivity contribution in [3.8, 4) is 22.7 Å². The van der Waals surface area contributed by atoms with Crippen LogP contribution in [-0.2, 0) is 11.2 Å². The molecule has 0 radical (unpaired) electrons. The van der Waals surface area contributed by atoms with Gasteiger partial charge in [0.1, 0.15) is 29.8 Å². The number of nitrogens with zero attached hydrogens (tertiary/aromatic N) is 6. The number of aryl methyl sites for hydroxylation is 1. The van der Waals surface area contributed by atoms with Crippen LogP contribution >= 0.6 is 0 Å². The van der Waals surface area contributed by atoms with Crippen LogP contribution in [0.25, 0.3) is 16.9 Å². The van der Waals surface area contributed by atoms with Crippen LogP contribution in [0.3, 0.4) is 0 Å². The first-order valence-corrected chi connectivity index (χ1v) is 11.4. The molecule has 0 saturated heterocycles. The molecule has 1 unspecified atom stereocenters. The molecule has 0 bridgehead atoms. The van der Waals surface area contributed by atoms with Crippen molar-refractivity contribution in [2.75, 3.05) is 18.6 Å². The van der Waals surface area contributed by atoms with Gasteiger partial charge in [-0.25, -0.2) is 14.1 Å². The molecule has 8 nitrogen and oxygen atoms in total. The first kappa shape index (κ1) is 24.5. The maximum absolute atomic E-state index is 14.5. The zero-order valence-corrected chi connectivity index (χ0v) is 19.9. The molecule has 1 aliphatic heterocycles. The Bertz CT molecular complexity index is 1460. The second-order valence-corrected chi connectivity index (χ2v) is 8.72. The number of fused-ring (bicyclic) bond motifs is 1. The number of anilines is 1. The summed E-state index contributed by atoms with van der Waals surface area (Å²) in [6.07, 6.45) is 0.454. The standard InChI is InChI=1S/C25H22F4N6O2/c1-15-11-33(14-30-15)16-6-7-18(23(10-16)37-2)20-12-35(32-31-20)22-9-8-17-19(26)4-3-5-21(17)34(24(22)36)13-25(27,28)29/h3-7,10-12,14,22H,8-9,13H2,1-2H3. The van der Waals surface area contributed by atoms with Gasteiger partial charge in [0, 0.05) is 23.4 Å². The van der Waals surface area contributed by atoms with Crippen LogP contribution in [0.15, 0.2) is 55.1 Å². The molecule has 37 heavy (non-hydrogen) atoms. The van der Waals surface area contributed by atoms with E-state index in [1.165, 1.54) is 36.2 Å². The summed E-state index contributed by atoms with van der Waals surface area (Å²) in [6.45, 7) is 0.335. The summed E-state index contributed by atoms with van der Waals surface area (Å²) in [7, 11) is 1.50. The smallest absolute Gasteiger partial charge is 0.406 e. The Balaban J connectivity index is 1.49. The predicted octanol–water partition coefficient (Wildman–Crippen LogP) is 4.67. The normalized spacial score (nSPS) is 16.0. The lowest BCUT2D eigenvalue weighted by molar-refractivity contribution is -0.134. The first-order chi connectivity index (χ1) is 17.6. The largest absolute Gasteiger partial charge is 0.496 e. The molecule has 5 rings (SSSR count). The van der Waals surface area contributed by atoms with Gasteiger partial charge >= 0.3 is 6.18 Å². The average Bonchev–Trinajstić information content (AvgIpc) is 3.49. The minimum absolute atomic E-state index is 0.0555. The van der Waals surface area contributed by atoms with Crippen LogP contribution in [0.4, 0.5) is 23.2 Å². The van der Waals surface area contributed by atoms with Crippen LogP contribution in [-0.4, -0.2) is 50.3 Å². The number of hydrogen-bond acceptors (Lipinski definition) is 5. The van der Waals surface area contributed by atoms with Crippen molar-refractivity contribution in [2.45, 2.75) is 32.0 Å². The van der Waals surface area contributed by atoms with E-state index in [-0.39, 0.29) is 24.1 Å². The highest BCUT2D eigenvalue weighted by atomic mass is 19.4. The molecule has 0 spiro atoms. The van der Waals surface area contributed by atoms with Crippen LogP contribution in [0.2, 0.25) is 0 Å². The lowest BCUT2D eigenvalue weighted by Crippen LogP contribution is -2.42. The Morgan fingerprint density at radius 2 is 1.97 bits per heavy atom. The summed E-state index contributed by atoms with van der Waals surface area (Å²) in [4.78, 5) is 18.1. The van der Waals surface area contributed by atoms with E-state index in [0.717, 1.165) is 11.4 Å². The number of methoxy groups -OCH3 is 1. The zero-order chi connectivity index (χ0) is 26.3. The summed E-state index contributed by atoms with van der Waals surface area (Å²) >= 11 is 0. The summed E-state index contributed by atoms with van der Waals surface area (Å²) in [5, 5.41) is 8.21. The van der Waals surface area contributed by atoms with Gasteiger partial charge in [-0.1, -0.05) is 11.3 Å². The maximum Gasteiger partial charge on any atom is 0.406 e. The lowest BCUT2D eigenvalue weighted by Gasteiger charge is -2.26. The fourth-order valence-electron chi connectivity index (χ4n) is 4.51. The molecular weight excluding hydrogens is 492 g/mol. The highest BCUT2D eigenvalue weighted by Crippen LogP contribution is 2.36. The van der Waals surface area contributed by atoms with Crippen LogP contribution < -0.4 is 9.64 Å². The average molecular weight is 514 g/mol. The van der Waals surface area contributed by atoms with Crippen molar-refractivity contribution in [2.24, 2.45) is 0 Å². The highest BCUT2D eigenvalue weighted by Gasteiger charge is 2.40. The number of rotatable bonds is 5. The Labute approximate surface area is 209 Å². The summed E-state index contributed by atoms with van der Waals surface area (Å²) in [6, 6.07) is 8.08. The first-order valence-electron chi connectivity index (χ1n) is 11.4. The molecule has 3 heterocycles. The van der Waals surface area contributed by atoms with E-state index in [0.29, 0.717) is 21.9 Å². The van der Waals surface area contributed by atoms with Gasteiger partial charge in [0.2, 0.25) is 0 Å². The van der Waals surface area contributed by atoms with E-state index in [1.54, 1.807) is 18.5 Å². The molecule has 12 heteroatoms. The molecule has 0 saturated carbocycles. The van der Waals surface area contributed by atoms with Crippen molar-refractivity contribution in [3.63, 3.8) is 0 Å². The Morgan fingerprint density at radius 1 is 1.16 bits per heavy atom. The van der Waals surface area contributed by atoms with E-state index in [2.05, 4.69) is 15.3 Å². The Hall–Kier alpha value is -4.22. The second-order valence-electron chi connectivity index (χ2n) is 8.72. The van der Waals surface area contributed by atoms with Crippen molar-refractivity contribution in [3.05, 3.63) is 72.2 Å². The molecule has 0 aliphatic carbocycles. The molecule has 2 aromatic carbocycles. The SMILES string of the molecule is COc1cc(-n2cnc(C)c2)ccc1-c1cn(C2CCc3c(F)cccc3N(CC(F)(F)F)C2=O)nn1. The van der Waals surface area contributed by atoms with Gasteiger partial charge in [-0.05, 0) is 44.0 Å². The number of aromatic nitrogens is 5. The molecular formula is C25H22F4N6O2. The third-order valence-electron chi connectivity index (χ3n) is 6.24. The molecule has 1 amide bonds. The number of alkyl halides is 3. The van der Waals surface area contributed by atoms with Crippen molar-refractivity contribution in [1.29, 1.82) is 0 Å². The Morgan fingerprint density at radius 3 is 2.68 bits per heavy atom. The summed E-state index contributed by atoms with van der Waals surface area (Å²) < 4.78 is 63.3. The molecule has 4 aromatic rings. The van der Waals surface area contributed by atoms with Gasteiger partial charge in [-0.3, -0.25) is 4.79 Å².